The number of ketones is 1. The largest absolute Gasteiger partial charge is 0.494 e. The monoisotopic (exact) mass is 415 g/mol. The van der Waals surface area contributed by atoms with Crippen LogP contribution in [0.1, 0.15) is 43.6 Å². The second-order valence-electron chi connectivity index (χ2n) is 7.92. The molecule has 2 rings (SSSR count). The van der Waals surface area contributed by atoms with Gasteiger partial charge < -0.3 is 14.8 Å². The number of esters is 1. The quantitative estimate of drug-likeness (QED) is 0.542. The van der Waals surface area contributed by atoms with Crippen LogP contribution < -0.4 is 10.1 Å². The van der Waals surface area contributed by atoms with Gasteiger partial charge >= 0.3 is 5.97 Å². The van der Waals surface area contributed by atoms with Crippen molar-refractivity contribution >= 4 is 23.3 Å². The third kappa shape index (κ3) is 6.14. The molecule has 0 fully saturated rings. The molecule has 1 atom stereocenters. The van der Waals surface area contributed by atoms with Crippen LogP contribution in [-0.2, 0) is 20.7 Å². The van der Waals surface area contributed by atoms with Gasteiger partial charge in [-0.1, -0.05) is 26.8 Å². The van der Waals surface area contributed by atoms with Crippen LogP contribution in [0.3, 0.4) is 0 Å². The molecular formula is C23H26FNO5. The Morgan fingerprint density at radius 2 is 1.70 bits per heavy atom. The number of carbonyl (C=O) groups is 3. The summed E-state index contributed by atoms with van der Waals surface area (Å²) < 4.78 is 23.8. The van der Waals surface area contributed by atoms with Crippen LogP contribution in [-0.4, -0.2) is 30.9 Å². The molecule has 0 aromatic heterocycles. The van der Waals surface area contributed by atoms with Crippen molar-refractivity contribution in [3.8, 4) is 5.75 Å². The number of carbonyl (C=O) groups excluding carboxylic acids is 3. The maximum Gasteiger partial charge on any atom is 0.310 e. The van der Waals surface area contributed by atoms with Crippen LogP contribution in [0.15, 0.2) is 42.5 Å². The molecule has 1 amide bonds. The van der Waals surface area contributed by atoms with Crippen LogP contribution in [0.4, 0.5) is 10.1 Å². The van der Waals surface area contributed by atoms with Gasteiger partial charge in [-0.3, -0.25) is 14.4 Å². The molecule has 0 unspecified atom stereocenters. The number of benzene rings is 2. The fraction of sp³-hybridized carbons (Fsp3) is 0.348. The highest BCUT2D eigenvalue weighted by molar-refractivity contribution is 6.01. The summed E-state index contributed by atoms with van der Waals surface area (Å²) in [5.41, 5.74) is 0.790. The van der Waals surface area contributed by atoms with Crippen molar-refractivity contribution < 1.29 is 28.2 Å². The lowest BCUT2D eigenvalue weighted by molar-refractivity contribution is -0.145. The number of amides is 1. The molecule has 160 valence electrons. The lowest BCUT2D eigenvalue weighted by Crippen LogP contribution is -2.27. The molecule has 2 aromatic rings. The SMILES string of the molecule is COc1ccc(CC(=O)O[C@@H](C)C(=O)c2ccc(NC(=O)C(C)(C)C)cc2)cc1F. The van der Waals surface area contributed by atoms with Crippen LogP contribution in [0, 0.1) is 11.2 Å². The summed E-state index contributed by atoms with van der Waals surface area (Å²) in [6.07, 6.45) is -1.17. The van der Waals surface area contributed by atoms with Crippen molar-refractivity contribution in [2.75, 3.05) is 12.4 Å². The van der Waals surface area contributed by atoms with Gasteiger partial charge in [-0.2, -0.15) is 0 Å². The molecule has 0 saturated heterocycles. The molecular weight excluding hydrogens is 389 g/mol. The minimum atomic E-state index is -1.00. The molecule has 2 aromatic carbocycles. The van der Waals surface area contributed by atoms with E-state index in [1.54, 1.807) is 51.1 Å². The van der Waals surface area contributed by atoms with Crippen molar-refractivity contribution in [1.29, 1.82) is 0 Å². The van der Waals surface area contributed by atoms with Gasteiger partial charge in [0.2, 0.25) is 11.7 Å². The number of rotatable bonds is 7. The Kier molecular flexibility index (Phi) is 7.32. The summed E-state index contributed by atoms with van der Waals surface area (Å²) in [6, 6.07) is 10.5. The van der Waals surface area contributed by atoms with E-state index in [4.69, 9.17) is 9.47 Å². The first kappa shape index (κ1) is 23.1. The van der Waals surface area contributed by atoms with E-state index in [1.165, 1.54) is 26.2 Å². The van der Waals surface area contributed by atoms with Gasteiger partial charge in [0.25, 0.3) is 0 Å². The van der Waals surface area contributed by atoms with E-state index in [0.29, 0.717) is 16.8 Å². The molecule has 6 nitrogen and oxygen atoms in total. The first-order chi connectivity index (χ1) is 14.0. The van der Waals surface area contributed by atoms with Crippen molar-refractivity contribution in [3.63, 3.8) is 0 Å². The maximum absolute atomic E-state index is 13.7. The number of hydrogen-bond donors (Lipinski definition) is 1. The number of hydrogen-bond acceptors (Lipinski definition) is 5. The normalized spacial score (nSPS) is 12.1. The average Bonchev–Trinajstić information content (AvgIpc) is 2.67. The Morgan fingerprint density at radius 1 is 1.07 bits per heavy atom. The van der Waals surface area contributed by atoms with Gasteiger partial charge in [-0.15, -0.1) is 0 Å². The van der Waals surface area contributed by atoms with E-state index in [2.05, 4.69) is 5.32 Å². The molecule has 0 aliphatic carbocycles. The Morgan fingerprint density at radius 3 is 2.23 bits per heavy atom. The molecule has 0 bridgehead atoms. The first-order valence-electron chi connectivity index (χ1n) is 9.49. The van der Waals surface area contributed by atoms with Crippen molar-refractivity contribution in [3.05, 3.63) is 59.4 Å². The van der Waals surface area contributed by atoms with E-state index in [-0.39, 0.29) is 23.9 Å². The second kappa shape index (κ2) is 9.52. The maximum atomic E-state index is 13.7. The zero-order valence-corrected chi connectivity index (χ0v) is 17.7. The van der Waals surface area contributed by atoms with Crippen molar-refractivity contribution in [1.82, 2.24) is 0 Å². The number of nitrogens with one attached hydrogen (secondary N) is 1. The fourth-order valence-corrected chi connectivity index (χ4v) is 2.55. The van der Waals surface area contributed by atoms with Gasteiger partial charge in [0.1, 0.15) is 0 Å². The number of anilines is 1. The van der Waals surface area contributed by atoms with E-state index in [0.717, 1.165) is 0 Å². The van der Waals surface area contributed by atoms with Gasteiger partial charge in [-0.25, -0.2) is 4.39 Å². The Balaban J connectivity index is 1.95. The standard InChI is InChI=1S/C23H26FNO5/c1-14(30-20(26)13-15-6-11-19(29-5)18(24)12-15)21(27)16-7-9-17(10-8-16)25-22(28)23(2,3)4/h6-12,14H,13H2,1-5H3,(H,25,28)/t14-/m0/s1. The van der Waals surface area contributed by atoms with Gasteiger partial charge in [0.15, 0.2) is 17.7 Å². The molecule has 0 radical (unpaired) electrons. The third-order valence-corrected chi connectivity index (χ3v) is 4.35. The zero-order chi connectivity index (χ0) is 22.5. The van der Waals surface area contributed by atoms with Gasteiger partial charge in [0.05, 0.1) is 13.5 Å². The number of ether oxygens (including phenoxy) is 2. The molecule has 30 heavy (non-hydrogen) atoms. The molecule has 0 heterocycles. The smallest absolute Gasteiger partial charge is 0.310 e. The lowest BCUT2D eigenvalue weighted by atomic mass is 9.95. The highest BCUT2D eigenvalue weighted by Gasteiger charge is 2.22. The summed E-state index contributed by atoms with van der Waals surface area (Å²) in [5, 5.41) is 2.77. The van der Waals surface area contributed by atoms with Crippen LogP contribution in [0.5, 0.6) is 5.75 Å². The van der Waals surface area contributed by atoms with E-state index in [9.17, 15) is 18.8 Å². The molecule has 0 aliphatic rings. The summed E-state index contributed by atoms with van der Waals surface area (Å²) in [4.78, 5) is 36.7. The molecule has 1 N–H and O–H groups in total. The summed E-state index contributed by atoms with van der Waals surface area (Å²) in [5.74, 6) is -1.66. The first-order valence-corrected chi connectivity index (χ1v) is 9.49. The molecule has 7 heteroatoms. The molecule has 0 saturated carbocycles. The van der Waals surface area contributed by atoms with E-state index < -0.39 is 23.3 Å². The average molecular weight is 415 g/mol. The number of halogens is 1. The topological polar surface area (TPSA) is 81.7 Å². The number of Topliss-reactive ketones (excluding diaryl/α,β-unsaturated/α-hetero) is 1. The van der Waals surface area contributed by atoms with Crippen molar-refractivity contribution in [2.45, 2.75) is 40.2 Å². The third-order valence-electron chi connectivity index (χ3n) is 4.35. The zero-order valence-electron chi connectivity index (χ0n) is 17.7. The second-order valence-corrected chi connectivity index (χ2v) is 7.92. The highest BCUT2D eigenvalue weighted by Crippen LogP contribution is 2.20. The summed E-state index contributed by atoms with van der Waals surface area (Å²) in [6.45, 7) is 6.88. The minimum Gasteiger partial charge on any atom is -0.494 e. The predicted octanol–water partition coefficient (Wildman–Crippen LogP) is 4.18. The Bertz CT molecular complexity index is 932. The van der Waals surface area contributed by atoms with Crippen LogP contribution in [0.25, 0.3) is 0 Å². The molecule has 0 spiro atoms. The van der Waals surface area contributed by atoms with E-state index in [1.807, 2.05) is 0 Å². The van der Waals surface area contributed by atoms with Gasteiger partial charge in [-0.05, 0) is 48.9 Å². The van der Waals surface area contributed by atoms with Crippen molar-refractivity contribution in [2.24, 2.45) is 5.41 Å². The minimum absolute atomic E-state index is 0.0813. The Labute approximate surface area is 175 Å². The van der Waals surface area contributed by atoms with E-state index >= 15 is 0 Å². The highest BCUT2D eigenvalue weighted by atomic mass is 19.1. The van der Waals surface area contributed by atoms with Crippen LogP contribution >= 0.6 is 0 Å². The fourth-order valence-electron chi connectivity index (χ4n) is 2.55. The van der Waals surface area contributed by atoms with Gasteiger partial charge in [0, 0.05) is 16.7 Å². The molecule has 0 aliphatic heterocycles. The summed E-state index contributed by atoms with van der Waals surface area (Å²) in [7, 11) is 1.35. The summed E-state index contributed by atoms with van der Waals surface area (Å²) >= 11 is 0. The number of methoxy groups -OCH3 is 1. The lowest BCUT2D eigenvalue weighted by Gasteiger charge is -2.18. The Hall–Kier alpha value is -3.22. The van der Waals surface area contributed by atoms with Crippen LogP contribution in [0.2, 0.25) is 0 Å². The predicted molar refractivity (Wildman–Crippen MR) is 111 cm³/mol.